The first-order valence-electron chi connectivity index (χ1n) is 5.24. The van der Waals surface area contributed by atoms with Crippen molar-refractivity contribution in [1.82, 2.24) is 0 Å². The van der Waals surface area contributed by atoms with Crippen LogP contribution < -0.4 is 5.73 Å². The van der Waals surface area contributed by atoms with Crippen LogP contribution in [0.25, 0.3) is 0 Å². The highest BCUT2D eigenvalue weighted by Gasteiger charge is 2.11. The quantitative estimate of drug-likeness (QED) is 0.760. The Bertz CT molecular complexity index is 314. The number of aryl methyl sites for hydroxylation is 1. The van der Waals surface area contributed by atoms with Crippen molar-refractivity contribution in [2.75, 3.05) is 13.2 Å². The molecule has 2 nitrogen and oxygen atoms in total. The Kier molecular flexibility index (Phi) is 4.72. The summed E-state index contributed by atoms with van der Waals surface area (Å²) in [7, 11) is 0. The zero-order valence-electron chi connectivity index (χ0n) is 9.29. The average molecular weight is 211 g/mol. The topological polar surface area (TPSA) is 35.2 Å². The Morgan fingerprint density at radius 1 is 1.47 bits per heavy atom. The van der Waals surface area contributed by atoms with Gasteiger partial charge in [0.2, 0.25) is 0 Å². The highest BCUT2D eigenvalue weighted by molar-refractivity contribution is 5.26. The van der Waals surface area contributed by atoms with Crippen molar-refractivity contribution in [2.45, 2.75) is 26.3 Å². The summed E-state index contributed by atoms with van der Waals surface area (Å²) in [6.07, 6.45) is 0.947. The molecule has 84 valence electrons. The van der Waals surface area contributed by atoms with Gasteiger partial charge in [0.25, 0.3) is 0 Å². The van der Waals surface area contributed by atoms with Crippen molar-refractivity contribution >= 4 is 0 Å². The third-order valence-electron chi connectivity index (χ3n) is 2.20. The van der Waals surface area contributed by atoms with Crippen molar-refractivity contribution in [3.05, 3.63) is 35.1 Å². The van der Waals surface area contributed by atoms with Crippen LogP contribution in [0, 0.1) is 12.7 Å². The van der Waals surface area contributed by atoms with E-state index in [4.69, 9.17) is 10.5 Å². The smallest absolute Gasteiger partial charge is 0.128 e. The molecule has 3 heteroatoms. The molecule has 0 aromatic heterocycles. The summed E-state index contributed by atoms with van der Waals surface area (Å²) in [5, 5.41) is 0. The summed E-state index contributed by atoms with van der Waals surface area (Å²) in [6, 6.07) is 4.58. The van der Waals surface area contributed by atoms with E-state index in [1.165, 1.54) is 6.07 Å². The zero-order valence-corrected chi connectivity index (χ0v) is 9.29. The van der Waals surface area contributed by atoms with E-state index in [1.54, 1.807) is 12.1 Å². The average Bonchev–Trinajstić information content (AvgIpc) is 2.22. The molecule has 1 aromatic rings. The zero-order chi connectivity index (χ0) is 11.3. The predicted molar refractivity (Wildman–Crippen MR) is 59.2 cm³/mol. The predicted octanol–water partition coefficient (Wildman–Crippen LogP) is 2.56. The monoisotopic (exact) mass is 211 g/mol. The summed E-state index contributed by atoms with van der Waals surface area (Å²) >= 11 is 0. The summed E-state index contributed by atoms with van der Waals surface area (Å²) in [5.74, 6) is -0.256. The van der Waals surface area contributed by atoms with Gasteiger partial charge < -0.3 is 10.5 Å². The fraction of sp³-hybridized carbons (Fsp3) is 0.500. The van der Waals surface area contributed by atoms with E-state index in [2.05, 4.69) is 0 Å². The molecule has 0 heterocycles. The van der Waals surface area contributed by atoms with Gasteiger partial charge in [-0.05, 0) is 19.4 Å². The number of ether oxygens (including phenoxy) is 1. The molecule has 0 radical (unpaired) electrons. The third-order valence-corrected chi connectivity index (χ3v) is 2.20. The first kappa shape index (κ1) is 12.1. The van der Waals surface area contributed by atoms with Crippen molar-refractivity contribution in [2.24, 2.45) is 5.73 Å². The molecule has 0 fully saturated rings. The molecule has 0 spiro atoms. The molecule has 0 amide bonds. The first-order chi connectivity index (χ1) is 7.15. The van der Waals surface area contributed by atoms with Gasteiger partial charge >= 0.3 is 0 Å². The molecule has 0 saturated heterocycles. The maximum atomic E-state index is 13.4. The van der Waals surface area contributed by atoms with E-state index >= 15 is 0 Å². The lowest BCUT2D eigenvalue weighted by Gasteiger charge is -2.13. The minimum Gasteiger partial charge on any atom is -0.379 e. The number of nitrogens with two attached hydrogens (primary N) is 1. The fourth-order valence-corrected chi connectivity index (χ4v) is 1.39. The van der Waals surface area contributed by atoms with Gasteiger partial charge in [-0.15, -0.1) is 0 Å². The number of halogens is 1. The minimum atomic E-state index is -0.378. The Morgan fingerprint density at radius 2 is 2.20 bits per heavy atom. The van der Waals surface area contributed by atoms with Crippen LogP contribution in [-0.4, -0.2) is 13.2 Å². The van der Waals surface area contributed by atoms with Gasteiger partial charge in [0.05, 0.1) is 12.6 Å². The van der Waals surface area contributed by atoms with Gasteiger partial charge in [-0.2, -0.15) is 0 Å². The Morgan fingerprint density at radius 3 is 2.87 bits per heavy atom. The normalized spacial score (nSPS) is 12.8. The summed E-state index contributed by atoms with van der Waals surface area (Å²) in [6.45, 7) is 4.98. The molecule has 1 rings (SSSR count). The molecule has 0 aliphatic rings. The van der Waals surface area contributed by atoms with Gasteiger partial charge in [-0.1, -0.05) is 24.6 Å². The van der Waals surface area contributed by atoms with E-state index in [0.717, 1.165) is 12.0 Å². The number of benzene rings is 1. The van der Waals surface area contributed by atoms with Gasteiger partial charge in [0.15, 0.2) is 0 Å². The van der Waals surface area contributed by atoms with Gasteiger partial charge in [-0.3, -0.25) is 0 Å². The van der Waals surface area contributed by atoms with Crippen LogP contribution in [0.2, 0.25) is 0 Å². The third kappa shape index (κ3) is 3.61. The maximum absolute atomic E-state index is 13.4. The van der Waals surface area contributed by atoms with E-state index in [1.807, 2.05) is 13.8 Å². The maximum Gasteiger partial charge on any atom is 0.128 e. The van der Waals surface area contributed by atoms with Crippen LogP contribution in [0.5, 0.6) is 0 Å². The number of rotatable bonds is 5. The lowest BCUT2D eigenvalue weighted by atomic mass is 10.1. The lowest BCUT2D eigenvalue weighted by Crippen LogP contribution is -2.19. The van der Waals surface area contributed by atoms with Gasteiger partial charge in [-0.25, -0.2) is 4.39 Å². The molecule has 0 bridgehead atoms. The van der Waals surface area contributed by atoms with Crippen LogP contribution in [0.15, 0.2) is 18.2 Å². The lowest BCUT2D eigenvalue weighted by molar-refractivity contribution is 0.121. The van der Waals surface area contributed by atoms with Crippen LogP contribution in [0.1, 0.15) is 30.5 Å². The largest absolute Gasteiger partial charge is 0.379 e. The molecule has 0 aliphatic heterocycles. The molecular weight excluding hydrogens is 193 g/mol. The van der Waals surface area contributed by atoms with Gasteiger partial charge in [0, 0.05) is 12.2 Å². The van der Waals surface area contributed by atoms with E-state index < -0.39 is 0 Å². The molecule has 1 unspecified atom stereocenters. The fourth-order valence-electron chi connectivity index (χ4n) is 1.39. The SMILES string of the molecule is CCCOCC(N)c1cc(C)ccc1F. The second kappa shape index (κ2) is 5.83. The highest BCUT2D eigenvalue weighted by Crippen LogP contribution is 2.17. The van der Waals surface area contributed by atoms with E-state index in [0.29, 0.717) is 18.8 Å². The number of hydrogen-bond donors (Lipinski definition) is 1. The second-order valence-electron chi connectivity index (χ2n) is 3.71. The van der Waals surface area contributed by atoms with Crippen molar-refractivity contribution in [1.29, 1.82) is 0 Å². The summed E-state index contributed by atoms with van der Waals surface area (Å²) < 4.78 is 18.7. The Balaban J connectivity index is 2.64. The van der Waals surface area contributed by atoms with E-state index in [9.17, 15) is 4.39 Å². The van der Waals surface area contributed by atoms with Crippen LogP contribution in [0.4, 0.5) is 4.39 Å². The molecule has 15 heavy (non-hydrogen) atoms. The first-order valence-corrected chi connectivity index (χ1v) is 5.24. The second-order valence-corrected chi connectivity index (χ2v) is 3.71. The van der Waals surface area contributed by atoms with Crippen molar-refractivity contribution in [3.63, 3.8) is 0 Å². The van der Waals surface area contributed by atoms with Crippen molar-refractivity contribution < 1.29 is 9.13 Å². The Labute approximate surface area is 90.2 Å². The van der Waals surface area contributed by atoms with Crippen LogP contribution in [0.3, 0.4) is 0 Å². The van der Waals surface area contributed by atoms with Crippen LogP contribution in [-0.2, 0) is 4.74 Å². The summed E-state index contributed by atoms with van der Waals surface area (Å²) in [5.41, 5.74) is 7.39. The minimum absolute atomic E-state index is 0.256. The number of hydrogen-bond acceptors (Lipinski definition) is 2. The van der Waals surface area contributed by atoms with Crippen molar-refractivity contribution in [3.8, 4) is 0 Å². The molecular formula is C12H18FNO. The van der Waals surface area contributed by atoms with Gasteiger partial charge in [0.1, 0.15) is 5.82 Å². The van der Waals surface area contributed by atoms with Crippen LogP contribution >= 0.6 is 0 Å². The molecule has 0 aliphatic carbocycles. The molecule has 0 saturated carbocycles. The van der Waals surface area contributed by atoms with E-state index in [-0.39, 0.29) is 11.9 Å². The molecule has 2 N–H and O–H groups in total. The standard InChI is InChI=1S/C12H18FNO/c1-3-6-15-8-12(14)10-7-9(2)4-5-11(10)13/h4-5,7,12H,3,6,8,14H2,1-2H3. The molecule has 1 aromatic carbocycles. The summed E-state index contributed by atoms with van der Waals surface area (Å²) in [4.78, 5) is 0. The highest BCUT2D eigenvalue weighted by atomic mass is 19.1. The Hall–Kier alpha value is -0.930. The molecule has 1 atom stereocenters.